The fourth-order valence-electron chi connectivity index (χ4n) is 2.62. The Hall–Kier alpha value is -2.54. The molecule has 3 heterocycles. The third-order valence-electron chi connectivity index (χ3n) is 3.71. The van der Waals surface area contributed by atoms with Crippen LogP contribution in [0.4, 0.5) is 10.1 Å². The topological polar surface area (TPSA) is 66.5 Å². The quantitative estimate of drug-likeness (QED) is 0.555. The number of imidazole rings is 1. The number of hydrogen-bond acceptors (Lipinski definition) is 4. The highest BCUT2D eigenvalue weighted by Gasteiger charge is 2.06. The smallest absolute Gasteiger partial charge is 0.125 e. The average Bonchev–Trinajstić information content (AvgIpc) is 2.96. The van der Waals surface area contributed by atoms with Crippen molar-refractivity contribution >= 4 is 43.7 Å². The molecule has 5 nitrogen and oxygen atoms in total. The van der Waals surface area contributed by atoms with Crippen molar-refractivity contribution in [3.63, 3.8) is 0 Å². The molecule has 0 fully saturated rings. The zero-order chi connectivity index (χ0) is 16.5. The molecule has 1 aromatic carbocycles. The molecule has 3 aromatic heterocycles. The molecule has 0 unspecified atom stereocenters. The molecule has 4 aromatic rings. The molecule has 0 atom stereocenters. The number of benzene rings is 1. The summed E-state index contributed by atoms with van der Waals surface area (Å²) in [5.74, 6) is 0.550. The number of hydrogen-bond donors (Lipinski definition) is 2. The predicted octanol–water partition coefficient (Wildman–Crippen LogP) is 4.06. The number of fused-ring (bicyclic) bond motifs is 2. The van der Waals surface area contributed by atoms with E-state index in [4.69, 9.17) is 0 Å². The SMILES string of the molecule is Fc1ccc2nc(CCNc3ccnc4cc(Br)cnc34)[nH]c2c1. The van der Waals surface area contributed by atoms with Crippen LogP contribution < -0.4 is 5.32 Å². The number of anilines is 1. The van der Waals surface area contributed by atoms with Gasteiger partial charge >= 0.3 is 0 Å². The molecular weight excluding hydrogens is 373 g/mol. The summed E-state index contributed by atoms with van der Waals surface area (Å²) in [6.07, 6.45) is 4.20. The maximum absolute atomic E-state index is 13.2. The van der Waals surface area contributed by atoms with Crippen molar-refractivity contribution in [3.8, 4) is 0 Å². The van der Waals surface area contributed by atoms with Gasteiger partial charge in [0, 0.05) is 29.8 Å². The van der Waals surface area contributed by atoms with E-state index < -0.39 is 0 Å². The normalized spacial score (nSPS) is 11.2. The first-order chi connectivity index (χ1) is 11.7. The standard InChI is InChI=1S/C17H13BrFN5/c18-10-7-15-17(22-9-10)13(3-5-21-15)20-6-4-16-23-12-2-1-11(19)8-14(12)24-16/h1-3,5,7-9H,4,6H2,(H,20,21)(H,23,24). The van der Waals surface area contributed by atoms with Crippen LogP contribution in [0.1, 0.15) is 5.82 Å². The zero-order valence-electron chi connectivity index (χ0n) is 12.6. The van der Waals surface area contributed by atoms with Crippen molar-refractivity contribution in [3.05, 3.63) is 58.8 Å². The van der Waals surface area contributed by atoms with Crippen molar-refractivity contribution in [1.82, 2.24) is 19.9 Å². The Morgan fingerprint density at radius 3 is 2.96 bits per heavy atom. The van der Waals surface area contributed by atoms with Crippen LogP contribution >= 0.6 is 15.9 Å². The highest BCUT2D eigenvalue weighted by atomic mass is 79.9. The maximum Gasteiger partial charge on any atom is 0.125 e. The van der Waals surface area contributed by atoms with Gasteiger partial charge in [-0.1, -0.05) is 0 Å². The molecule has 0 saturated heterocycles. The number of aromatic amines is 1. The van der Waals surface area contributed by atoms with Crippen LogP contribution in [-0.2, 0) is 6.42 Å². The molecule has 7 heteroatoms. The van der Waals surface area contributed by atoms with Crippen LogP contribution in [0.15, 0.2) is 47.2 Å². The van der Waals surface area contributed by atoms with E-state index in [1.54, 1.807) is 18.5 Å². The number of rotatable bonds is 4. The summed E-state index contributed by atoms with van der Waals surface area (Å²) in [7, 11) is 0. The highest BCUT2D eigenvalue weighted by molar-refractivity contribution is 9.10. The average molecular weight is 386 g/mol. The molecular formula is C17H13BrFN5. The van der Waals surface area contributed by atoms with Crippen LogP contribution in [0, 0.1) is 5.82 Å². The minimum atomic E-state index is -0.267. The molecule has 0 aliphatic rings. The van der Waals surface area contributed by atoms with Crippen LogP contribution in [0.25, 0.3) is 22.1 Å². The lowest BCUT2D eigenvalue weighted by Crippen LogP contribution is -2.07. The highest BCUT2D eigenvalue weighted by Crippen LogP contribution is 2.22. The summed E-state index contributed by atoms with van der Waals surface area (Å²) < 4.78 is 14.1. The van der Waals surface area contributed by atoms with Gasteiger partial charge in [0.05, 0.1) is 22.2 Å². The second kappa shape index (κ2) is 6.16. The van der Waals surface area contributed by atoms with E-state index >= 15 is 0 Å². The van der Waals surface area contributed by atoms with Gasteiger partial charge in [-0.15, -0.1) is 0 Å². The number of halogens is 2. The third-order valence-corrected chi connectivity index (χ3v) is 4.15. The fraction of sp³-hybridized carbons (Fsp3) is 0.118. The molecule has 120 valence electrons. The van der Waals surface area contributed by atoms with E-state index in [1.165, 1.54) is 12.1 Å². The summed E-state index contributed by atoms with van der Waals surface area (Å²) >= 11 is 3.40. The summed E-state index contributed by atoms with van der Waals surface area (Å²) in [6, 6.07) is 8.38. The van der Waals surface area contributed by atoms with Gasteiger partial charge in [-0.2, -0.15) is 0 Å². The van der Waals surface area contributed by atoms with Gasteiger partial charge < -0.3 is 10.3 Å². The molecule has 24 heavy (non-hydrogen) atoms. The lowest BCUT2D eigenvalue weighted by molar-refractivity contribution is 0.629. The molecule has 0 radical (unpaired) electrons. The monoisotopic (exact) mass is 385 g/mol. The minimum absolute atomic E-state index is 0.267. The van der Waals surface area contributed by atoms with Gasteiger partial charge in [0.2, 0.25) is 0 Å². The summed E-state index contributed by atoms with van der Waals surface area (Å²) in [6.45, 7) is 0.680. The minimum Gasteiger partial charge on any atom is -0.383 e. The van der Waals surface area contributed by atoms with Gasteiger partial charge in [-0.05, 0) is 46.3 Å². The predicted molar refractivity (Wildman–Crippen MR) is 95.5 cm³/mol. The van der Waals surface area contributed by atoms with E-state index in [9.17, 15) is 4.39 Å². The third kappa shape index (κ3) is 2.94. The van der Waals surface area contributed by atoms with Gasteiger partial charge in [0.1, 0.15) is 17.2 Å². The first kappa shape index (κ1) is 15.0. The molecule has 0 aliphatic carbocycles. The lowest BCUT2D eigenvalue weighted by Gasteiger charge is -2.08. The van der Waals surface area contributed by atoms with E-state index in [-0.39, 0.29) is 5.82 Å². The maximum atomic E-state index is 13.2. The van der Waals surface area contributed by atoms with Crippen LogP contribution in [-0.4, -0.2) is 26.5 Å². The number of nitrogens with one attached hydrogen (secondary N) is 2. The first-order valence-corrected chi connectivity index (χ1v) is 8.26. The van der Waals surface area contributed by atoms with E-state index in [2.05, 4.69) is 41.2 Å². The molecule has 0 aliphatic heterocycles. The number of nitrogens with zero attached hydrogens (tertiary/aromatic N) is 3. The van der Waals surface area contributed by atoms with E-state index in [0.717, 1.165) is 32.5 Å². The van der Waals surface area contributed by atoms with Crippen LogP contribution in [0.3, 0.4) is 0 Å². The second-order valence-electron chi connectivity index (χ2n) is 5.40. The Balaban J connectivity index is 1.50. The first-order valence-electron chi connectivity index (χ1n) is 7.47. The molecule has 0 saturated carbocycles. The van der Waals surface area contributed by atoms with Crippen LogP contribution in [0.2, 0.25) is 0 Å². The van der Waals surface area contributed by atoms with Gasteiger partial charge in [-0.25, -0.2) is 9.37 Å². The van der Waals surface area contributed by atoms with Crippen molar-refractivity contribution in [2.45, 2.75) is 6.42 Å². The molecule has 4 rings (SSSR count). The Labute approximate surface area is 145 Å². The second-order valence-corrected chi connectivity index (χ2v) is 6.32. The summed E-state index contributed by atoms with van der Waals surface area (Å²) in [4.78, 5) is 16.3. The summed E-state index contributed by atoms with van der Waals surface area (Å²) in [5.41, 5.74) is 4.06. The number of H-pyrrole nitrogens is 1. The summed E-state index contributed by atoms with van der Waals surface area (Å²) in [5, 5.41) is 3.36. The Kier molecular flexibility index (Phi) is 3.86. The van der Waals surface area contributed by atoms with E-state index in [0.29, 0.717) is 18.5 Å². The van der Waals surface area contributed by atoms with E-state index in [1.807, 2.05) is 12.1 Å². The number of aromatic nitrogens is 4. The molecule has 0 amide bonds. The zero-order valence-corrected chi connectivity index (χ0v) is 14.1. The largest absolute Gasteiger partial charge is 0.383 e. The van der Waals surface area contributed by atoms with Gasteiger partial charge in [0.15, 0.2) is 0 Å². The van der Waals surface area contributed by atoms with Gasteiger partial charge in [0.25, 0.3) is 0 Å². The Morgan fingerprint density at radius 2 is 2.04 bits per heavy atom. The lowest BCUT2D eigenvalue weighted by atomic mass is 10.2. The fourth-order valence-corrected chi connectivity index (χ4v) is 2.94. The van der Waals surface area contributed by atoms with Crippen molar-refractivity contribution in [2.24, 2.45) is 0 Å². The van der Waals surface area contributed by atoms with Gasteiger partial charge in [-0.3, -0.25) is 9.97 Å². The number of pyridine rings is 2. The van der Waals surface area contributed by atoms with Crippen molar-refractivity contribution in [2.75, 3.05) is 11.9 Å². The molecule has 0 spiro atoms. The van der Waals surface area contributed by atoms with Crippen molar-refractivity contribution < 1.29 is 4.39 Å². The Bertz CT molecular complexity index is 1030. The Morgan fingerprint density at radius 1 is 1.12 bits per heavy atom. The molecule has 2 N–H and O–H groups in total. The molecule has 0 bridgehead atoms. The van der Waals surface area contributed by atoms with Crippen molar-refractivity contribution in [1.29, 1.82) is 0 Å². The van der Waals surface area contributed by atoms with Crippen LogP contribution in [0.5, 0.6) is 0 Å².